The number of carbonyl (C=O) groups is 2. The van der Waals surface area contributed by atoms with Crippen LogP contribution in [0.15, 0.2) is 60.2 Å². The fraction of sp³-hybridized carbons (Fsp3) is 0.211. The van der Waals surface area contributed by atoms with Crippen molar-refractivity contribution in [3.8, 4) is 0 Å². The zero-order valence-corrected chi connectivity index (χ0v) is 15.0. The monoisotopic (exact) mass is 368 g/mol. The van der Waals surface area contributed by atoms with Gasteiger partial charge in [0.15, 0.2) is 5.13 Å². The van der Waals surface area contributed by atoms with Gasteiger partial charge in [-0.15, -0.1) is 11.3 Å². The minimum atomic E-state index is -0.117. The van der Waals surface area contributed by atoms with Gasteiger partial charge in [-0.05, 0) is 17.7 Å². The summed E-state index contributed by atoms with van der Waals surface area (Å²) >= 11 is 1.33. The minimum absolute atomic E-state index is 0.0791. The number of anilines is 1. The third-order valence-electron chi connectivity index (χ3n) is 3.71. The summed E-state index contributed by atoms with van der Waals surface area (Å²) in [5.74, 6) is -0.196. The van der Waals surface area contributed by atoms with Crippen molar-refractivity contribution in [2.24, 2.45) is 0 Å². The molecule has 0 bridgehead atoms. The largest absolute Gasteiger partial charge is 0.354 e. The van der Waals surface area contributed by atoms with E-state index in [0.29, 0.717) is 23.8 Å². The van der Waals surface area contributed by atoms with Crippen molar-refractivity contribution >= 4 is 28.3 Å². The molecule has 0 fully saturated rings. The van der Waals surface area contributed by atoms with Crippen molar-refractivity contribution in [1.82, 2.24) is 14.9 Å². The number of amides is 2. The van der Waals surface area contributed by atoms with E-state index in [2.05, 4.69) is 15.6 Å². The summed E-state index contributed by atoms with van der Waals surface area (Å²) in [6.07, 6.45) is 4.42. The van der Waals surface area contributed by atoms with E-state index in [1.807, 2.05) is 59.4 Å². The van der Waals surface area contributed by atoms with Gasteiger partial charge in [-0.2, -0.15) is 0 Å². The second-order valence-corrected chi connectivity index (χ2v) is 6.66. The summed E-state index contributed by atoms with van der Waals surface area (Å²) in [5.41, 5.74) is 1.60. The van der Waals surface area contributed by atoms with E-state index in [0.717, 1.165) is 12.1 Å². The zero-order chi connectivity index (χ0) is 18.2. The van der Waals surface area contributed by atoms with Crippen molar-refractivity contribution in [3.05, 3.63) is 71.5 Å². The number of nitrogens with zero attached hydrogens (tertiary/aromatic N) is 2. The predicted molar refractivity (Wildman–Crippen MR) is 102 cm³/mol. The molecule has 2 N–H and O–H groups in total. The van der Waals surface area contributed by atoms with E-state index in [4.69, 9.17) is 0 Å². The highest BCUT2D eigenvalue weighted by molar-refractivity contribution is 7.13. The molecule has 7 heteroatoms. The average molecular weight is 368 g/mol. The van der Waals surface area contributed by atoms with Crippen molar-refractivity contribution in [1.29, 1.82) is 0 Å². The van der Waals surface area contributed by atoms with Gasteiger partial charge < -0.3 is 15.2 Å². The van der Waals surface area contributed by atoms with Gasteiger partial charge in [0.2, 0.25) is 11.8 Å². The van der Waals surface area contributed by atoms with Crippen LogP contribution in [0.25, 0.3) is 0 Å². The summed E-state index contributed by atoms with van der Waals surface area (Å²) in [7, 11) is 0. The molecule has 2 aromatic heterocycles. The lowest BCUT2D eigenvalue weighted by Gasteiger charge is -2.05. The Morgan fingerprint density at radius 2 is 1.77 bits per heavy atom. The molecule has 2 heterocycles. The minimum Gasteiger partial charge on any atom is -0.354 e. The van der Waals surface area contributed by atoms with Gasteiger partial charge in [-0.25, -0.2) is 4.98 Å². The van der Waals surface area contributed by atoms with Gasteiger partial charge in [-0.1, -0.05) is 30.3 Å². The molecule has 0 saturated heterocycles. The number of aromatic nitrogens is 2. The summed E-state index contributed by atoms with van der Waals surface area (Å²) in [6, 6.07) is 13.4. The molecule has 0 atom stereocenters. The molecule has 6 nitrogen and oxygen atoms in total. The Balaban J connectivity index is 1.42. The van der Waals surface area contributed by atoms with Crippen molar-refractivity contribution < 1.29 is 9.59 Å². The fourth-order valence-electron chi connectivity index (χ4n) is 2.46. The Bertz CT molecular complexity index is 844. The first kappa shape index (κ1) is 17.9. The van der Waals surface area contributed by atoms with Crippen molar-refractivity contribution in [2.75, 3.05) is 11.9 Å². The number of thiazole rings is 1. The van der Waals surface area contributed by atoms with Gasteiger partial charge in [0.25, 0.3) is 0 Å². The highest BCUT2D eigenvalue weighted by Crippen LogP contribution is 2.16. The van der Waals surface area contributed by atoms with E-state index in [1.54, 1.807) is 5.38 Å². The molecule has 0 saturated carbocycles. The number of nitrogens with one attached hydrogen (secondary N) is 2. The van der Waals surface area contributed by atoms with Crippen LogP contribution in [0.5, 0.6) is 0 Å². The lowest BCUT2D eigenvalue weighted by atomic mass is 10.1. The van der Waals surface area contributed by atoms with Gasteiger partial charge in [0.05, 0.1) is 18.5 Å². The number of hydrogen-bond acceptors (Lipinski definition) is 4. The molecule has 134 valence electrons. The van der Waals surface area contributed by atoms with Gasteiger partial charge in [0, 0.05) is 30.9 Å². The van der Waals surface area contributed by atoms with Gasteiger partial charge >= 0.3 is 0 Å². The molecule has 0 radical (unpaired) electrons. The third-order valence-corrected chi connectivity index (χ3v) is 4.51. The highest BCUT2D eigenvalue weighted by Gasteiger charge is 2.10. The van der Waals surface area contributed by atoms with E-state index >= 15 is 0 Å². The lowest BCUT2D eigenvalue weighted by molar-refractivity contribution is -0.120. The van der Waals surface area contributed by atoms with Gasteiger partial charge in [-0.3, -0.25) is 9.59 Å². The Hall–Kier alpha value is -2.93. The predicted octanol–water partition coefficient (Wildman–Crippen LogP) is 2.48. The van der Waals surface area contributed by atoms with Crippen LogP contribution in [-0.4, -0.2) is 27.9 Å². The van der Waals surface area contributed by atoms with Crippen LogP contribution in [0.2, 0.25) is 0 Å². The SMILES string of the molecule is O=C(Cc1csc(NC(=O)Cc2ccccc2)n1)NCCn1cccc1. The molecule has 3 rings (SSSR count). The Labute approximate surface area is 155 Å². The summed E-state index contributed by atoms with van der Waals surface area (Å²) in [4.78, 5) is 28.3. The molecular weight excluding hydrogens is 348 g/mol. The van der Waals surface area contributed by atoms with E-state index in [1.165, 1.54) is 11.3 Å². The van der Waals surface area contributed by atoms with Crippen LogP contribution in [0.1, 0.15) is 11.3 Å². The molecule has 1 aromatic carbocycles. The van der Waals surface area contributed by atoms with Gasteiger partial charge in [0.1, 0.15) is 0 Å². The van der Waals surface area contributed by atoms with Crippen molar-refractivity contribution in [3.63, 3.8) is 0 Å². The standard InChI is InChI=1S/C19H20N4O2S/c24-17(20-8-11-23-9-4-5-10-23)13-16-14-26-19(21-16)22-18(25)12-15-6-2-1-3-7-15/h1-7,9-10,14H,8,11-13H2,(H,20,24)(H,21,22,25). The highest BCUT2D eigenvalue weighted by atomic mass is 32.1. The summed E-state index contributed by atoms with van der Waals surface area (Å²) < 4.78 is 2.00. The second-order valence-electron chi connectivity index (χ2n) is 5.80. The Morgan fingerprint density at radius 1 is 1.00 bits per heavy atom. The Morgan fingerprint density at radius 3 is 2.54 bits per heavy atom. The number of hydrogen-bond donors (Lipinski definition) is 2. The van der Waals surface area contributed by atoms with E-state index < -0.39 is 0 Å². The van der Waals surface area contributed by atoms with Crippen LogP contribution >= 0.6 is 11.3 Å². The molecule has 26 heavy (non-hydrogen) atoms. The second kappa shape index (κ2) is 8.96. The Kier molecular flexibility index (Phi) is 6.16. The number of benzene rings is 1. The molecule has 0 aliphatic rings. The molecule has 0 aliphatic carbocycles. The van der Waals surface area contributed by atoms with E-state index in [9.17, 15) is 9.59 Å². The number of rotatable bonds is 8. The molecule has 0 spiro atoms. The number of carbonyl (C=O) groups excluding carboxylic acids is 2. The smallest absolute Gasteiger partial charge is 0.230 e. The van der Waals surface area contributed by atoms with Crippen LogP contribution in [-0.2, 0) is 29.0 Å². The third kappa shape index (κ3) is 5.56. The topological polar surface area (TPSA) is 76.0 Å². The first-order chi connectivity index (χ1) is 12.7. The van der Waals surface area contributed by atoms with Crippen molar-refractivity contribution in [2.45, 2.75) is 19.4 Å². The first-order valence-electron chi connectivity index (χ1n) is 8.35. The first-order valence-corrected chi connectivity index (χ1v) is 9.22. The quantitative estimate of drug-likeness (QED) is 0.641. The molecule has 0 unspecified atom stereocenters. The van der Waals surface area contributed by atoms with Crippen LogP contribution in [0, 0.1) is 0 Å². The van der Waals surface area contributed by atoms with E-state index in [-0.39, 0.29) is 18.2 Å². The van der Waals surface area contributed by atoms with Crippen LogP contribution in [0.3, 0.4) is 0 Å². The molecular formula is C19H20N4O2S. The van der Waals surface area contributed by atoms with Crippen LogP contribution in [0.4, 0.5) is 5.13 Å². The fourth-order valence-corrected chi connectivity index (χ4v) is 3.19. The zero-order valence-electron chi connectivity index (χ0n) is 14.2. The maximum absolute atomic E-state index is 12.0. The molecule has 3 aromatic rings. The summed E-state index contributed by atoms with van der Waals surface area (Å²) in [6.45, 7) is 1.30. The maximum Gasteiger partial charge on any atom is 0.230 e. The molecule has 2 amide bonds. The normalized spacial score (nSPS) is 10.5. The maximum atomic E-state index is 12.0. The summed E-state index contributed by atoms with van der Waals surface area (Å²) in [5, 5.41) is 7.96. The average Bonchev–Trinajstić information content (AvgIpc) is 3.28. The lowest BCUT2D eigenvalue weighted by Crippen LogP contribution is -2.28. The van der Waals surface area contributed by atoms with Crippen LogP contribution < -0.4 is 10.6 Å². The molecule has 0 aliphatic heterocycles.